The third-order valence-electron chi connectivity index (χ3n) is 1.66. The molecule has 14 heavy (non-hydrogen) atoms. The third kappa shape index (κ3) is 2.11. The zero-order valence-corrected chi connectivity index (χ0v) is 9.10. The number of nitrogens with zero attached hydrogens (tertiary/aromatic N) is 2. The van der Waals surface area contributed by atoms with Crippen molar-refractivity contribution in [3.63, 3.8) is 0 Å². The first-order chi connectivity index (χ1) is 6.54. The second-order valence-corrected chi connectivity index (χ2v) is 5.62. The molecule has 0 bridgehead atoms. The molecule has 2 rings (SSSR count). The molecule has 76 valence electrons. The quantitative estimate of drug-likeness (QED) is 0.834. The lowest BCUT2D eigenvalue weighted by Gasteiger charge is -1.96. The topological polar surface area (TPSA) is 63.5 Å². The molecule has 0 fully saturated rings. The van der Waals surface area contributed by atoms with Gasteiger partial charge < -0.3 is 0 Å². The number of rotatable bonds is 3. The van der Waals surface area contributed by atoms with E-state index in [4.69, 9.17) is 0 Å². The summed E-state index contributed by atoms with van der Waals surface area (Å²) in [6, 6.07) is 0. The Kier molecular flexibility index (Phi) is 2.30. The van der Waals surface area contributed by atoms with Crippen LogP contribution in [0.1, 0.15) is 5.69 Å². The zero-order chi connectivity index (χ0) is 10.2. The highest BCUT2D eigenvalue weighted by Crippen LogP contribution is 2.10. The molecule has 2 aromatic heterocycles. The number of nitrogens with one attached hydrogen (secondary N) is 1. The average Bonchev–Trinajstić information content (AvgIpc) is 2.56. The van der Waals surface area contributed by atoms with Gasteiger partial charge in [-0.1, -0.05) is 0 Å². The van der Waals surface area contributed by atoms with Crippen LogP contribution in [0.4, 0.5) is 0 Å². The summed E-state index contributed by atoms with van der Waals surface area (Å²) in [6.45, 7) is 0.243. The minimum Gasteiger partial charge on any atom is -0.297 e. The van der Waals surface area contributed by atoms with Gasteiger partial charge in [0.1, 0.15) is 0 Å². The number of fused-ring (bicyclic) bond motifs is 1. The van der Waals surface area contributed by atoms with Crippen LogP contribution in [0.25, 0.3) is 4.96 Å². The summed E-state index contributed by atoms with van der Waals surface area (Å²) in [4.78, 5) is 5.10. The summed E-state index contributed by atoms with van der Waals surface area (Å²) in [7, 11) is -3.14. The molecule has 0 saturated carbocycles. The van der Waals surface area contributed by atoms with E-state index in [1.54, 1.807) is 0 Å². The first kappa shape index (κ1) is 9.63. The van der Waals surface area contributed by atoms with E-state index in [1.165, 1.54) is 11.3 Å². The minimum atomic E-state index is -3.14. The van der Waals surface area contributed by atoms with Gasteiger partial charge in [-0.3, -0.25) is 4.40 Å². The van der Waals surface area contributed by atoms with Gasteiger partial charge in [0.25, 0.3) is 0 Å². The Labute approximate surface area is 85.5 Å². The van der Waals surface area contributed by atoms with Crippen molar-refractivity contribution in [3.8, 4) is 0 Å². The molecule has 0 amide bonds. The molecule has 2 aromatic rings. The summed E-state index contributed by atoms with van der Waals surface area (Å²) in [5.41, 5.74) is 0.724. The SMILES string of the molecule is CS(=O)(=O)NCc1cn2ccsc2n1. The van der Waals surface area contributed by atoms with Crippen LogP contribution >= 0.6 is 11.3 Å². The maximum Gasteiger partial charge on any atom is 0.209 e. The summed E-state index contributed by atoms with van der Waals surface area (Å²) < 4.78 is 25.9. The zero-order valence-electron chi connectivity index (χ0n) is 7.47. The lowest BCUT2D eigenvalue weighted by molar-refractivity contribution is 0.587. The van der Waals surface area contributed by atoms with Crippen LogP contribution in [0.5, 0.6) is 0 Å². The van der Waals surface area contributed by atoms with Crippen molar-refractivity contribution in [2.75, 3.05) is 6.26 Å². The fourth-order valence-electron chi connectivity index (χ4n) is 1.07. The third-order valence-corrected chi connectivity index (χ3v) is 3.10. The minimum absolute atomic E-state index is 0.243. The standard InChI is InChI=1S/C7H9N3O2S2/c1-14(11,12)8-4-6-5-10-2-3-13-7(10)9-6/h2-3,5,8H,4H2,1H3. The molecule has 0 radical (unpaired) electrons. The van der Waals surface area contributed by atoms with Crippen LogP contribution in [0.2, 0.25) is 0 Å². The highest BCUT2D eigenvalue weighted by Gasteiger charge is 2.05. The van der Waals surface area contributed by atoms with E-state index in [0.717, 1.165) is 16.9 Å². The molecule has 0 aliphatic heterocycles. The summed E-state index contributed by atoms with van der Waals surface area (Å²) in [5.74, 6) is 0. The Balaban J connectivity index is 2.16. The van der Waals surface area contributed by atoms with E-state index in [1.807, 2.05) is 22.2 Å². The van der Waals surface area contributed by atoms with Crippen LogP contribution < -0.4 is 4.72 Å². The Morgan fingerprint density at radius 2 is 2.43 bits per heavy atom. The maximum atomic E-state index is 10.8. The van der Waals surface area contributed by atoms with Crippen molar-refractivity contribution >= 4 is 26.3 Å². The lowest BCUT2D eigenvalue weighted by Crippen LogP contribution is -2.21. The molecular formula is C7H9N3O2S2. The van der Waals surface area contributed by atoms with Gasteiger partial charge in [0.2, 0.25) is 10.0 Å². The van der Waals surface area contributed by atoms with Crippen molar-refractivity contribution in [1.29, 1.82) is 0 Å². The molecule has 0 aliphatic carbocycles. The van der Waals surface area contributed by atoms with Gasteiger partial charge in [0.15, 0.2) is 4.96 Å². The Morgan fingerprint density at radius 3 is 3.07 bits per heavy atom. The van der Waals surface area contributed by atoms with Gasteiger partial charge in [-0.2, -0.15) is 0 Å². The summed E-state index contributed by atoms with van der Waals surface area (Å²) in [6.07, 6.45) is 4.83. The van der Waals surface area contributed by atoms with Gasteiger partial charge >= 0.3 is 0 Å². The molecule has 2 heterocycles. The van der Waals surface area contributed by atoms with Crippen LogP contribution in [0, 0.1) is 0 Å². The predicted molar refractivity (Wildman–Crippen MR) is 54.8 cm³/mol. The van der Waals surface area contributed by atoms with E-state index < -0.39 is 10.0 Å². The molecule has 0 atom stereocenters. The fourth-order valence-corrected chi connectivity index (χ4v) is 2.20. The number of imidazole rings is 1. The average molecular weight is 231 g/mol. The monoisotopic (exact) mass is 231 g/mol. The molecular weight excluding hydrogens is 222 g/mol. The van der Waals surface area contributed by atoms with Gasteiger partial charge in [0.05, 0.1) is 18.5 Å². The molecule has 1 N–H and O–H groups in total. The first-order valence-corrected chi connectivity index (χ1v) is 6.67. The fraction of sp³-hybridized carbons (Fsp3) is 0.286. The van der Waals surface area contributed by atoms with E-state index in [9.17, 15) is 8.42 Å². The molecule has 0 aliphatic rings. The van der Waals surface area contributed by atoms with Crippen molar-refractivity contribution in [2.45, 2.75) is 6.54 Å². The van der Waals surface area contributed by atoms with E-state index in [2.05, 4.69) is 9.71 Å². The molecule has 5 nitrogen and oxygen atoms in total. The van der Waals surface area contributed by atoms with E-state index in [0.29, 0.717) is 0 Å². The van der Waals surface area contributed by atoms with Gasteiger partial charge in [-0.05, 0) is 0 Å². The predicted octanol–water partition coefficient (Wildman–Crippen LogP) is 0.445. The highest BCUT2D eigenvalue weighted by molar-refractivity contribution is 7.88. The van der Waals surface area contributed by atoms with E-state index in [-0.39, 0.29) is 6.54 Å². The number of hydrogen-bond donors (Lipinski definition) is 1. The second kappa shape index (κ2) is 3.34. The first-order valence-electron chi connectivity index (χ1n) is 3.90. The molecule has 0 spiro atoms. The Bertz CT molecular complexity index is 512. The lowest BCUT2D eigenvalue weighted by atomic mass is 10.5. The highest BCUT2D eigenvalue weighted by atomic mass is 32.2. The van der Waals surface area contributed by atoms with Gasteiger partial charge in [0, 0.05) is 17.8 Å². The van der Waals surface area contributed by atoms with Gasteiger partial charge in [-0.25, -0.2) is 18.1 Å². The smallest absolute Gasteiger partial charge is 0.209 e. The number of hydrogen-bond acceptors (Lipinski definition) is 4. The Hall–Kier alpha value is -0.920. The largest absolute Gasteiger partial charge is 0.297 e. The summed E-state index contributed by atoms with van der Waals surface area (Å²) in [5, 5.41) is 1.93. The van der Waals surface area contributed by atoms with Crippen molar-refractivity contribution in [3.05, 3.63) is 23.5 Å². The van der Waals surface area contributed by atoms with Crippen LogP contribution in [-0.2, 0) is 16.6 Å². The van der Waals surface area contributed by atoms with Crippen LogP contribution in [-0.4, -0.2) is 24.1 Å². The van der Waals surface area contributed by atoms with Crippen LogP contribution in [0.15, 0.2) is 17.8 Å². The van der Waals surface area contributed by atoms with E-state index >= 15 is 0 Å². The molecule has 0 unspecified atom stereocenters. The van der Waals surface area contributed by atoms with Crippen molar-refractivity contribution < 1.29 is 8.42 Å². The summed E-state index contributed by atoms with van der Waals surface area (Å²) >= 11 is 1.52. The molecule has 0 aromatic carbocycles. The van der Waals surface area contributed by atoms with Crippen LogP contribution in [0.3, 0.4) is 0 Å². The number of sulfonamides is 1. The number of aromatic nitrogens is 2. The molecule has 7 heteroatoms. The number of thiazole rings is 1. The Morgan fingerprint density at radius 1 is 1.64 bits per heavy atom. The normalized spacial score (nSPS) is 12.4. The van der Waals surface area contributed by atoms with Crippen molar-refractivity contribution in [2.24, 2.45) is 0 Å². The maximum absolute atomic E-state index is 10.8. The van der Waals surface area contributed by atoms with Crippen molar-refractivity contribution in [1.82, 2.24) is 14.1 Å². The second-order valence-electron chi connectivity index (χ2n) is 2.92. The molecule has 0 saturated heterocycles. The van der Waals surface area contributed by atoms with Gasteiger partial charge in [-0.15, -0.1) is 11.3 Å².